The largest absolute Gasteiger partial charge is 0.481 e. The van der Waals surface area contributed by atoms with Gasteiger partial charge in [0, 0.05) is 17.4 Å². The van der Waals surface area contributed by atoms with Crippen LogP contribution in [0, 0.1) is 11.7 Å². The molecule has 1 aromatic rings. The number of carboxylic acids is 1. The van der Waals surface area contributed by atoms with Crippen LogP contribution in [0.1, 0.15) is 37.8 Å². The third-order valence-corrected chi connectivity index (χ3v) is 4.57. The Hall–Kier alpha value is -1.43. The summed E-state index contributed by atoms with van der Waals surface area (Å²) in [6, 6.07) is 3.58. The molecule has 1 aromatic carbocycles. The first-order valence-electron chi connectivity index (χ1n) is 6.93. The van der Waals surface area contributed by atoms with Crippen molar-refractivity contribution in [1.29, 1.82) is 0 Å². The van der Waals surface area contributed by atoms with E-state index in [1.54, 1.807) is 11.0 Å². The van der Waals surface area contributed by atoms with Crippen molar-refractivity contribution in [2.24, 2.45) is 5.92 Å². The molecule has 0 spiro atoms. The third-order valence-electron chi connectivity index (χ3n) is 3.88. The monoisotopic (exact) mass is 357 g/mol. The van der Waals surface area contributed by atoms with Gasteiger partial charge in [0.15, 0.2) is 0 Å². The molecule has 0 saturated carbocycles. The van der Waals surface area contributed by atoms with Crippen molar-refractivity contribution in [3.63, 3.8) is 0 Å². The molecule has 2 rings (SSSR count). The molecule has 6 heteroatoms. The highest BCUT2D eigenvalue weighted by atomic mass is 79.9. The maximum absolute atomic E-state index is 13.3. The lowest BCUT2D eigenvalue weighted by molar-refractivity contribution is -0.146. The highest BCUT2D eigenvalue weighted by Crippen LogP contribution is 2.39. The number of amides is 1. The van der Waals surface area contributed by atoms with Crippen LogP contribution in [0.5, 0.6) is 0 Å². The second kappa shape index (κ2) is 6.56. The van der Waals surface area contributed by atoms with E-state index in [-0.39, 0.29) is 5.91 Å². The van der Waals surface area contributed by atoms with Gasteiger partial charge in [-0.05, 0) is 37.5 Å². The standard InChI is InChI=1S/C15H17BrFNO3/c1-2-18-13(19)5-3-4-11(15(20)21)14(18)10-7-6-9(17)8-12(10)16/h6-8,11,14H,2-5H2,1H3,(H,20,21). The van der Waals surface area contributed by atoms with Gasteiger partial charge in [0.05, 0.1) is 12.0 Å². The third kappa shape index (κ3) is 3.26. The predicted molar refractivity (Wildman–Crippen MR) is 79.2 cm³/mol. The Bertz CT molecular complexity index is 562. The number of aliphatic carboxylic acids is 1. The normalized spacial score (nSPS) is 23.0. The van der Waals surface area contributed by atoms with Gasteiger partial charge in [-0.3, -0.25) is 9.59 Å². The Morgan fingerprint density at radius 3 is 2.81 bits per heavy atom. The molecule has 1 amide bonds. The SMILES string of the molecule is CCN1C(=O)CCCC(C(=O)O)C1c1ccc(F)cc1Br. The minimum absolute atomic E-state index is 0.0533. The average Bonchev–Trinajstić information content (AvgIpc) is 2.57. The van der Waals surface area contributed by atoms with Crippen LogP contribution in [0.4, 0.5) is 4.39 Å². The van der Waals surface area contributed by atoms with Gasteiger partial charge in [0.1, 0.15) is 5.82 Å². The molecule has 1 fully saturated rings. The number of hydrogen-bond donors (Lipinski definition) is 1. The molecule has 1 N–H and O–H groups in total. The second-order valence-electron chi connectivity index (χ2n) is 5.13. The van der Waals surface area contributed by atoms with Crippen molar-refractivity contribution in [2.45, 2.75) is 32.2 Å². The number of nitrogens with zero attached hydrogens (tertiary/aromatic N) is 1. The van der Waals surface area contributed by atoms with E-state index in [1.165, 1.54) is 12.1 Å². The number of rotatable bonds is 3. The van der Waals surface area contributed by atoms with E-state index in [0.717, 1.165) is 0 Å². The molecule has 21 heavy (non-hydrogen) atoms. The van der Waals surface area contributed by atoms with Crippen molar-refractivity contribution in [3.8, 4) is 0 Å². The molecule has 1 heterocycles. The van der Waals surface area contributed by atoms with E-state index in [4.69, 9.17) is 0 Å². The Balaban J connectivity index is 2.53. The first kappa shape index (κ1) is 15.9. The molecular weight excluding hydrogens is 341 g/mol. The lowest BCUT2D eigenvalue weighted by Gasteiger charge is -2.33. The summed E-state index contributed by atoms with van der Waals surface area (Å²) in [5, 5.41) is 9.51. The first-order valence-corrected chi connectivity index (χ1v) is 7.72. The van der Waals surface area contributed by atoms with E-state index in [2.05, 4.69) is 15.9 Å². The fourth-order valence-corrected chi connectivity index (χ4v) is 3.49. The van der Waals surface area contributed by atoms with E-state index >= 15 is 0 Å². The fourth-order valence-electron chi connectivity index (χ4n) is 2.90. The van der Waals surface area contributed by atoms with E-state index in [9.17, 15) is 19.1 Å². The minimum atomic E-state index is -0.927. The molecule has 0 bridgehead atoms. The van der Waals surface area contributed by atoms with Crippen LogP contribution < -0.4 is 0 Å². The highest BCUT2D eigenvalue weighted by Gasteiger charge is 2.38. The maximum atomic E-state index is 13.3. The molecule has 1 saturated heterocycles. The zero-order chi connectivity index (χ0) is 15.6. The van der Waals surface area contributed by atoms with E-state index in [0.29, 0.717) is 35.8 Å². The summed E-state index contributed by atoms with van der Waals surface area (Å²) in [6.45, 7) is 2.25. The summed E-state index contributed by atoms with van der Waals surface area (Å²) in [4.78, 5) is 25.4. The summed E-state index contributed by atoms with van der Waals surface area (Å²) in [5.41, 5.74) is 0.640. The number of benzene rings is 1. The van der Waals surface area contributed by atoms with Crippen molar-refractivity contribution < 1.29 is 19.1 Å². The molecule has 1 aliphatic rings. The second-order valence-corrected chi connectivity index (χ2v) is 5.98. The number of likely N-dealkylation sites (tertiary alicyclic amines) is 1. The molecular formula is C15H17BrFNO3. The van der Waals surface area contributed by atoms with Gasteiger partial charge >= 0.3 is 5.97 Å². The number of carboxylic acid groups (broad SMARTS) is 1. The summed E-state index contributed by atoms with van der Waals surface area (Å²) >= 11 is 3.29. The average molecular weight is 358 g/mol. The summed E-state index contributed by atoms with van der Waals surface area (Å²) < 4.78 is 13.8. The van der Waals surface area contributed by atoms with Crippen molar-refractivity contribution in [1.82, 2.24) is 4.90 Å². The van der Waals surface area contributed by atoms with Crippen LogP contribution >= 0.6 is 15.9 Å². The molecule has 2 unspecified atom stereocenters. The topological polar surface area (TPSA) is 57.6 Å². The number of carbonyl (C=O) groups excluding carboxylic acids is 1. The van der Waals surface area contributed by atoms with E-state index in [1.807, 2.05) is 6.92 Å². The summed E-state index contributed by atoms with van der Waals surface area (Å²) in [6.07, 6.45) is 1.35. The molecule has 0 radical (unpaired) electrons. The lowest BCUT2D eigenvalue weighted by Crippen LogP contribution is -2.39. The zero-order valence-corrected chi connectivity index (χ0v) is 13.3. The van der Waals surface area contributed by atoms with Crippen molar-refractivity contribution in [2.75, 3.05) is 6.54 Å². The minimum Gasteiger partial charge on any atom is -0.481 e. The van der Waals surface area contributed by atoms with Gasteiger partial charge in [-0.25, -0.2) is 4.39 Å². The Labute approximate surface area is 131 Å². The lowest BCUT2D eigenvalue weighted by atomic mass is 9.89. The van der Waals surface area contributed by atoms with Crippen LogP contribution in [0.15, 0.2) is 22.7 Å². The number of carbonyl (C=O) groups is 2. The van der Waals surface area contributed by atoms with Gasteiger partial charge in [-0.15, -0.1) is 0 Å². The number of hydrogen-bond acceptors (Lipinski definition) is 2. The summed E-state index contributed by atoms with van der Waals surface area (Å²) in [5.74, 6) is -2.06. The quantitative estimate of drug-likeness (QED) is 0.902. The van der Waals surface area contributed by atoms with Crippen molar-refractivity contribution >= 4 is 27.8 Å². The molecule has 1 aliphatic heterocycles. The fraction of sp³-hybridized carbons (Fsp3) is 0.467. The van der Waals surface area contributed by atoms with Crippen LogP contribution in [-0.4, -0.2) is 28.4 Å². The van der Waals surface area contributed by atoms with Gasteiger partial charge in [-0.2, -0.15) is 0 Å². The van der Waals surface area contributed by atoms with Crippen molar-refractivity contribution in [3.05, 3.63) is 34.1 Å². The molecule has 2 atom stereocenters. The van der Waals surface area contributed by atoms with Gasteiger partial charge in [0.2, 0.25) is 5.91 Å². The first-order chi connectivity index (χ1) is 9.95. The Morgan fingerprint density at radius 1 is 1.52 bits per heavy atom. The van der Waals surface area contributed by atoms with Gasteiger partial charge in [0.25, 0.3) is 0 Å². The van der Waals surface area contributed by atoms with Crippen LogP contribution in [0.2, 0.25) is 0 Å². The Morgan fingerprint density at radius 2 is 2.24 bits per heavy atom. The molecule has 0 aromatic heterocycles. The number of halogens is 2. The maximum Gasteiger partial charge on any atom is 0.308 e. The molecule has 114 valence electrons. The van der Waals surface area contributed by atoms with E-state index < -0.39 is 23.7 Å². The predicted octanol–water partition coefficient (Wildman–Crippen LogP) is 3.36. The molecule has 4 nitrogen and oxygen atoms in total. The highest BCUT2D eigenvalue weighted by molar-refractivity contribution is 9.10. The van der Waals surface area contributed by atoms with Gasteiger partial charge in [-0.1, -0.05) is 22.0 Å². The Kier molecular flexibility index (Phi) is 4.98. The zero-order valence-electron chi connectivity index (χ0n) is 11.7. The smallest absolute Gasteiger partial charge is 0.308 e. The van der Waals surface area contributed by atoms with Gasteiger partial charge < -0.3 is 10.0 Å². The summed E-state index contributed by atoms with van der Waals surface area (Å²) in [7, 11) is 0. The van der Waals surface area contributed by atoms with Crippen LogP contribution in [0.3, 0.4) is 0 Å². The van der Waals surface area contributed by atoms with Crippen LogP contribution in [0.25, 0.3) is 0 Å². The molecule has 0 aliphatic carbocycles. The van der Waals surface area contributed by atoms with Crippen LogP contribution in [-0.2, 0) is 9.59 Å².